The molecule has 0 bridgehead atoms. The third-order valence-electron chi connectivity index (χ3n) is 4.08. The Bertz CT molecular complexity index is 965. The molecule has 1 atom stereocenters. The first-order chi connectivity index (χ1) is 12.0. The third-order valence-corrected chi connectivity index (χ3v) is 8.72. The van der Waals surface area contributed by atoms with E-state index in [-0.39, 0.29) is 5.92 Å². The molecule has 1 saturated heterocycles. The molecule has 4 heterocycles. The van der Waals surface area contributed by atoms with Gasteiger partial charge in [-0.25, -0.2) is 8.42 Å². The number of hydrogen-bond acceptors (Lipinski definition) is 7. The van der Waals surface area contributed by atoms with Crippen molar-refractivity contribution in [2.24, 2.45) is 0 Å². The Hall–Kier alpha value is -1.07. The van der Waals surface area contributed by atoms with Crippen LogP contribution in [0, 0.1) is 0 Å². The van der Waals surface area contributed by atoms with E-state index in [9.17, 15) is 8.42 Å². The zero-order valence-electron chi connectivity index (χ0n) is 13.0. The van der Waals surface area contributed by atoms with Crippen LogP contribution < -0.4 is 0 Å². The lowest BCUT2D eigenvalue weighted by molar-refractivity contribution is 0.286. The summed E-state index contributed by atoms with van der Waals surface area (Å²) in [5.74, 6) is 0.915. The first kappa shape index (κ1) is 17.3. The van der Waals surface area contributed by atoms with Gasteiger partial charge in [0, 0.05) is 24.0 Å². The lowest BCUT2D eigenvalue weighted by atomic mass is 10.00. The average Bonchev–Trinajstić information content (AvgIpc) is 3.35. The van der Waals surface area contributed by atoms with Crippen LogP contribution in [-0.4, -0.2) is 36.0 Å². The quantitative estimate of drug-likeness (QED) is 0.584. The normalized spacial score (nSPS) is 19.3. The Morgan fingerprint density at radius 3 is 2.88 bits per heavy atom. The van der Waals surface area contributed by atoms with Gasteiger partial charge in [-0.3, -0.25) is 0 Å². The van der Waals surface area contributed by atoms with E-state index in [1.807, 2.05) is 16.8 Å². The van der Waals surface area contributed by atoms with Crippen LogP contribution in [0.1, 0.15) is 24.7 Å². The molecule has 0 aromatic carbocycles. The molecule has 25 heavy (non-hydrogen) atoms. The van der Waals surface area contributed by atoms with Crippen molar-refractivity contribution in [3.63, 3.8) is 0 Å². The monoisotopic (exact) mass is 459 g/mol. The van der Waals surface area contributed by atoms with Crippen molar-refractivity contribution in [3.8, 4) is 11.5 Å². The Balaban J connectivity index is 1.55. The van der Waals surface area contributed by atoms with Gasteiger partial charge < -0.3 is 4.42 Å². The van der Waals surface area contributed by atoms with Crippen molar-refractivity contribution in [2.45, 2.75) is 23.0 Å². The second kappa shape index (κ2) is 6.92. The zero-order valence-corrected chi connectivity index (χ0v) is 17.0. The molecule has 6 nitrogen and oxygen atoms in total. The second-order valence-corrected chi connectivity index (χ2v) is 11.1. The summed E-state index contributed by atoms with van der Waals surface area (Å²) in [6.45, 7) is 0.878. The van der Waals surface area contributed by atoms with E-state index in [4.69, 9.17) is 4.42 Å². The largest absolute Gasteiger partial charge is 0.420 e. The average molecular weight is 460 g/mol. The van der Waals surface area contributed by atoms with Crippen molar-refractivity contribution in [3.05, 3.63) is 38.6 Å². The molecule has 0 radical (unpaired) electrons. The van der Waals surface area contributed by atoms with Crippen LogP contribution >= 0.6 is 38.6 Å². The topological polar surface area (TPSA) is 76.3 Å². The number of hydrogen-bond donors (Lipinski definition) is 0. The van der Waals surface area contributed by atoms with Gasteiger partial charge in [-0.1, -0.05) is 0 Å². The lowest BCUT2D eigenvalue weighted by Crippen LogP contribution is -2.38. The summed E-state index contributed by atoms with van der Waals surface area (Å²) in [7, 11) is -3.48. The Morgan fingerprint density at radius 2 is 2.16 bits per heavy atom. The second-order valence-electron chi connectivity index (χ2n) is 5.72. The van der Waals surface area contributed by atoms with Crippen LogP contribution in [0.4, 0.5) is 0 Å². The van der Waals surface area contributed by atoms with Crippen molar-refractivity contribution < 1.29 is 12.8 Å². The summed E-state index contributed by atoms with van der Waals surface area (Å²) < 4.78 is 34.1. The summed E-state index contributed by atoms with van der Waals surface area (Å²) >= 11 is 6.11. The van der Waals surface area contributed by atoms with Crippen LogP contribution in [0.15, 0.2) is 41.4 Å². The number of aromatic nitrogens is 2. The summed E-state index contributed by atoms with van der Waals surface area (Å²) in [6, 6.07) is 5.31. The first-order valence-corrected chi connectivity index (χ1v) is 11.6. The molecule has 0 amide bonds. The van der Waals surface area contributed by atoms with Crippen molar-refractivity contribution >= 4 is 48.6 Å². The van der Waals surface area contributed by atoms with Gasteiger partial charge in [0.1, 0.15) is 4.21 Å². The number of sulfonamides is 1. The van der Waals surface area contributed by atoms with E-state index in [0.717, 1.165) is 22.2 Å². The highest BCUT2D eigenvalue weighted by Crippen LogP contribution is 2.34. The molecule has 132 valence electrons. The standard InChI is InChI=1S/C15H14BrN3O3S3/c16-12-3-4-13(24-12)25(20,21)19-6-1-2-10(8-19)14-17-18-15(22-14)11-5-7-23-9-11/h3-5,7,9-10H,1-2,6,8H2. The molecule has 0 saturated carbocycles. The molecule has 1 aliphatic heterocycles. The number of piperidine rings is 1. The molecule has 1 unspecified atom stereocenters. The molecular formula is C15H14BrN3O3S3. The van der Waals surface area contributed by atoms with Gasteiger partial charge >= 0.3 is 0 Å². The maximum Gasteiger partial charge on any atom is 0.252 e. The van der Waals surface area contributed by atoms with Crippen LogP contribution in [0.5, 0.6) is 0 Å². The molecule has 3 aromatic rings. The molecule has 1 aliphatic rings. The number of halogens is 1. The van der Waals surface area contributed by atoms with Crippen LogP contribution in [-0.2, 0) is 10.0 Å². The summed E-state index contributed by atoms with van der Waals surface area (Å²) in [5, 5.41) is 12.2. The molecular weight excluding hydrogens is 446 g/mol. The minimum Gasteiger partial charge on any atom is -0.420 e. The smallest absolute Gasteiger partial charge is 0.252 e. The van der Waals surface area contributed by atoms with Gasteiger partial charge in [0.05, 0.1) is 9.70 Å². The van der Waals surface area contributed by atoms with Crippen molar-refractivity contribution in [1.82, 2.24) is 14.5 Å². The first-order valence-electron chi connectivity index (χ1n) is 7.65. The lowest BCUT2D eigenvalue weighted by Gasteiger charge is -2.29. The predicted molar refractivity (Wildman–Crippen MR) is 100 cm³/mol. The maximum absolute atomic E-state index is 12.8. The minimum absolute atomic E-state index is 0.0770. The molecule has 1 fully saturated rings. The molecule has 4 rings (SSSR count). The van der Waals surface area contributed by atoms with Gasteiger partial charge in [0.15, 0.2) is 0 Å². The van der Waals surface area contributed by atoms with E-state index in [2.05, 4.69) is 26.1 Å². The summed E-state index contributed by atoms with van der Waals surface area (Å²) in [4.78, 5) is 0. The number of thiophene rings is 2. The van der Waals surface area contributed by atoms with Gasteiger partial charge in [-0.05, 0) is 52.4 Å². The van der Waals surface area contributed by atoms with Gasteiger partial charge in [-0.15, -0.1) is 21.5 Å². The van der Waals surface area contributed by atoms with E-state index in [1.165, 1.54) is 15.6 Å². The summed E-state index contributed by atoms with van der Waals surface area (Å²) in [5.41, 5.74) is 0.896. The number of rotatable bonds is 4. The summed E-state index contributed by atoms with van der Waals surface area (Å²) in [6.07, 6.45) is 1.61. The van der Waals surface area contributed by atoms with Gasteiger partial charge in [0.25, 0.3) is 10.0 Å². The third kappa shape index (κ3) is 3.45. The highest BCUT2D eigenvalue weighted by molar-refractivity contribution is 9.11. The predicted octanol–water partition coefficient (Wildman–Crippen LogP) is 4.19. The number of nitrogens with zero attached hydrogens (tertiary/aromatic N) is 3. The Kier molecular flexibility index (Phi) is 4.80. The maximum atomic E-state index is 12.8. The molecule has 10 heteroatoms. The van der Waals surface area contributed by atoms with E-state index in [0.29, 0.717) is 29.1 Å². The van der Waals surface area contributed by atoms with Crippen molar-refractivity contribution in [2.75, 3.05) is 13.1 Å². The fourth-order valence-corrected chi connectivity index (χ4v) is 7.15. The van der Waals surface area contributed by atoms with E-state index in [1.54, 1.807) is 23.5 Å². The van der Waals surface area contributed by atoms with Crippen LogP contribution in [0.3, 0.4) is 0 Å². The Morgan fingerprint density at radius 1 is 1.28 bits per heavy atom. The highest BCUT2D eigenvalue weighted by Gasteiger charge is 2.34. The SMILES string of the molecule is O=S(=O)(c1ccc(Br)s1)N1CCCC(c2nnc(-c3ccsc3)o2)C1. The minimum atomic E-state index is -3.48. The molecule has 3 aromatic heterocycles. The Labute approximate surface area is 161 Å². The molecule has 0 spiro atoms. The molecule has 0 N–H and O–H groups in total. The zero-order chi connectivity index (χ0) is 17.4. The molecule has 0 aliphatic carbocycles. The van der Waals surface area contributed by atoms with Crippen LogP contribution in [0.25, 0.3) is 11.5 Å². The van der Waals surface area contributed by atoms with Gasteiger partial charge in [0.2, 0.25) is 11.8 Å². The fraction of sp³-hybridized carbons (Fsp3) is 0.333. The highest BCUT2D eigenvalue weighted by atomic mass is 79.9. The van der Waals surface area contributed by atoms with Crippen molar-refractivity contribution in [1.29, 1.82) is 0 Å². The van der Waals surface area contributed by atoms with E-state index >= 15 is 0 Å². The van der Waals surface area contributed by atoms with Crippen LogP contribution in [0.2, 0.25) is 0 Å². The fourth-order valence-electron chi connectivity index (χ4n) is 2.83. The van der Waals surface area contributed by atoms with E-state index < -0.39 is 10.0 Å². The van der Waals surface area contributed by atoms with Gasteiger partial charge in [-0.2, -0.15) is 15.6 Å².